The number of thiazole rings is 1. The maximum Gasteiger partial charge on any atom is 0.228 e. The molecule has 1 aliphatic heterocycles. The summed E-state index contributed by atoms with van der Waals surface area (Å²) in [6.45, 7) is 4.20. The highest BCUT2D eigenvalue weighted by Gasteiger charge is 2.22. The van der Waals surface area contributed by atoms with Crippen LogP contribution in [0.3, 0.4) is 0 Å². The van der Waals surface area contributed by atoms with Gasteiger partial charge in [-0.2, -0.15) is 0 Å². The number of halogens is 1. The van der Waals surface area contributed by atoms with Crippen LogP contribution >= 0.6 is 27.3 Å². The third kappa shape index (κ3) is 4.84. The van der Waals surface area contributed by atoms with Crippen molar-refractivity contribution < 1.29 is 4.79 Å². The molecule has 28 heavy (non-hydrogen) atoms. The average Bonchev–Trinajstić information content (AvgIpc) is 3.18. The topological polar surface area (TPSA) is 49.3 Å². The van der Waals surface area contributed by atoms with Gasteiger partial charge in [0.05, 0.1) is 12.1 Å². The first-order valence-electron chi connectivity index (χ1n) is 9.27. The van der Waals surface area contributed by atoms with Crippen LogP contribution in [0.15, 0.2) is 58.6 Å². The second kappa shape index (κ2) is 8.94. The first-order chi connectivity index (χ1) is 13.7. The van der Waals surface area contributed by atoms with Gasteiger partial charge in [0.2, 0.25) is 5.91 Å². The molecule has 3 heterocycles. The Morgan fingerprint density at radius 2 is 2.00 bits per heavy atom. The van der Waals surface area contributed by atoms with Gasteiger partial charge in [-0.1, -0.05) is 34.1 Å². The molecule has 1 fully saturated rings. The molecule has 144 valence electrons. The van der Waals surface area contributed by atoms with E-state index in [0.717, 1.165) is 53.5 Å². The molecular weight excluding hydrogens is 436 g/mol. The number of rotatable bonds is 5. The highest BCUT2D eigenvalue weighted by Crippen LogP contribution is 2.26. The zero-order chi connectivity index (χ0) is 19.3. The molecule has 3 aromatic rings. The molecule has 4 rings (SSSR count). The molecule has 0 saturated carbocycles. The van der Waals surface area contributed by atoms with Crippen molar-refractivity contribution in [2.24, 2.45) is 0 Å². The Morgan fingerprint density at radius 1 is 1.14 bits per heavy atom. The predicted octanol–water partition coefficient (Wildman–Crippen LogP) is 3.85. The highest BCUT2D eigenvalue weighted by atomic mass is 79.9. The number of carbonyl (C=O) groups excluding carboxylic acids is 1. The lowest BCUT2D eigenvalue weighted by Gasteiger charge is -2.34. The summed E-state index contributed by atoms with van der Waals surface area (Å²) in [7, 11) is 0. The molecule has 0 aliphatic carbocycles. The van der Waals surface area contributed by atoms with E-state index >= 15 is 0 Å². The normalized spacial score (nSPS) is 15.0. The molecule has 0 radical (unpaired) electrons. The van der Waals surface area contributed by atoms with Crippen LogP contribution in [0.1, 0.15) is 11.3 Å². The molecule has 1 aliphatic rings. The third-order valence-electron chi connectivity index (χ3n) is 4.81. The largest absolute Gasteiger partial charge is 0.340 e. The zero-order valence-corrected chi connectivity index (χ0v) is 17.8. The standard InChI is InChI=1S/C21H21BrN4OS/c22-18-5-1-4-17(11-18)21-24-19(15-28-21)12-20(27)26-9-7-25(8-10-26)14-16-3-2-6-23-13-16/h1-6,11,13,15H,7-10,12,14H2. The van der Waals surface area contributed by atoms with E-state index in [2.05, 4.69) is 36.9 Å². The molecule has 0 spiro atoms. The van der Waals surface area contributed by atoms with Crippen molar-refractivity contribution in [2.45, 2.75) is 13.0 Å². The van der Waals surface area contributed by atoms with Gasteiger partial charge in [-0.3, -0.25) is 14.7 Å². The fourth-order valence-electron chi connectivity index (χ4n) is 3.31. The van der Waals surface area contributed by atoms with Crippen molar-refractivity contribution >= 4 is 33.2 Å². The maximum absolute atomic E-state index is 12.7. The van der Waals surface area contributed by atoms with Gasteiger partial charge >= 0.3 is 0 Å². The number of aromatic nitrogens is 2. The van der Waals surface area contributed by atoms with Crippen LogP contribution in [-0.2, 0) is 17.8 Å². The lowest BCUT2D eigenvalue weighted by molar-refractivity contribution is -0.132. The number of benzene rings is 1. The van der Waals surface area contributed by atoms with Gasteiger partial charge < -0.3 is 4.90 Å². The Hall–Kier alpha value is -2.09. The summed E-state index contributed by atoms with van der Waals surface area (Å²) in [5.41, 5.74) is 3.13. The van der Waals surface area contributed by atoms with Crippen molar-refractivity contribution in [3.8, 4) is 10.6 Å². The molecular formula is C21H21BrN4OS. The Kier molecular flexibility index (Phi) is 6.14. The number of carbonyl (C=O) groups is 1. The molecule has 7 heteroatoms. The lowest BCUT2D eigenvalue weighted by atomic mass is 10.2. The number of pyridine rings is 1. The van der Waals surface area contributed by atoms with Crippen LogP contribution in [-0.4, -0.2) is 51.9 Å². The van der Waals surface area contributed by atoms with Crippen LogP contribution in [0.4, 0.5) is 0 Å². The smallest absolute Gasteiger partial charge is 0.228 e. The van der Waals surface area contributed by atoms with Gasteiger partial charge in [0.25, 0.3) is 0 Å². The van der Waals surface area contributed by atoms with E-state index in [1.54, 1.807) is 17.5 Å². The lowest BCUT2D eigenvalue weighted by Crippen LogP contribution is -2.48. The zero-order valence-electron chi connectivity index (χ0n) is 15.4. The maximum atomic E-state index is 12.7. The van der Waals surface area contributed by atoms with Crippen molar-refractivity contribution in [3.63, 3.8) is 0 Å². The van der Waals surface area contributed by atoms with Crippen molar-refractivity contribution in [1.29, 1.82) is 0 Å². The van der Waals surface area contributed by atoms with Gasteiger partial charge in [0, 0.05) is 60.5 Å². The number of piperazine rings is 1. The van der Waals surface area contributed by atoms with Crippen molar-refractivity contribution in [2.75, 3.05) is 26.2 Å². The SMILES string of the molecule is O=C(Cc1csc(-c2cccc(Br)c2)n1)N1CCN(Cc2cccnc2)CC1. The molecule has 0 unspecified atom stereocenters. The Balaban J connectivity index is 1.30. The second-order valence-corrected chi connectivity index (χ2v) is 8.62. The summed E-state index contributed by atoms with van der Waals surface area (Å²) < 4.78 is 1.03. The van der Waals surface area contributed by atoms with Gasteiger partial charge in [-0.15, -0.1) is 11.3 Å². The molecule has 1 amide bonds. The molecule has 1 saturated heterocycles. The summed E-state index contributed by atoms with van der Waals surface area (Å²) >= 11 is 5.08. The van der Waals surface area contributed by atoms with E-state index in [1.165, 1.54) is 5.56 Å². The summed E-state index contributed by atoms with van der Waals surface area (Å²) in [6.07, 6.45) is 4.07. The third-order valence-corrected chi connectivity index (χ3v) is 6.24. The minimum Gasteiger partial charge on any atom is -0.340 e. The summed E-state index contributed by atoms with van der Waals surface area (Å²) in [5.74, 6) is 0.159. The molecule has 5 nitrogen and oxygen atoms in total. The molecule has 1 aromatic carbocycles. The van der Waals surface area contributed by atoms with Crippen molar-refractivity contribution in [1.82, 2.24) is 19.8 Å². The van der Waals surface area contributed by atoms with Crippen LogP contribution in [0, 0.1) is 0 Å². The van der Waals surface area contributed by atoms with Crippen molar-refractivity contribution in [3.05, 3.63) is 69.9 Å². The number of nitrogens with zero attached hydrogens (tertiary/aromatic N) is 4. The molecule has 0 N–H and O–H groups in total. The van der Waals surface area contributed by atoms with Crippen LogP contribution in [0.5, 0.6) is 0 Å². The molecule has 2 aromatic heterocycles. The summed E-state index contributed by atoms with van der Waals surface area (Å²) in [4.78, 5) is 25.8. The van der Waals surface area contributed by atoms with E-state index in [4.69, 9.17) is 0 Å². The quantitative estimate of drug-likeness (QED) is 0.584. The number of hydrogen-bond acceptors (Lipinski definition) is 5. The average molecular weight is 457 g/mol. The minimum absolute atomic E-state index is 0.159. The fourth-order valence-corrected chi connectivity index (χ4v) is 4.53. The van der Waals surface area contributed by atoms with Gasteiger partial charge in [-0.25, -0.2) is 4.98 Å². The molecule has 0 atom stereocenters. The first-order valence-corrected chi connectivity index (χ1v) is 10.9. The van der Waals surface area contributed by atoms with Crippen LogP contribution in [0.2, 0.25) is 0 Å². The Labute approximate surface area is 177 Å². The van der Waals surface area contributed by atoms with Crippen LogP contribution in [0.25, 0.3) is 10.6 Å². The van der Waals surface area contributed by atoms with E-state index < -0.39 is 0 Å². The first kappa shape index (κ1) is 19.2. The monoisotopic (exact) mass is 456 g/mol. The highest BCUT2D eigenvalue weighted by molar-refractivity contribution is 9.10. The second-order valence-electron chi connectivity index (χ2n) is 6.85. The minimum atomic E-state index is 0.159. The van der Waals surface area contributed by atoms with E-state index in [9.17, 15) is 4.79 Å². The number of amides is 1. The molecule has 0 bridgehead atoms. The van der Waals surface area contributed by atoms with Gasteiger partial charge in [-0.05, 0) is 23.8 Å². The van der Waals surface area contributed by atoms with Gasteiger partial charge in [0.1, 0.15) is 5.01 Å². The summed E-state index contributed by atoms with van der Waals surface area (Å²) in [6, 6.07) is 12.1. The Morgan fingerprint density at radius 3 is 2.75 bits per heavy atom. The van der Waals surface area contributed by atoms with Gasteiger partial charge in [0.15, 0.2) is 0 Å². The Bertz CT molecular complexity index is 938. The van der Waals surface area contributed by atoms with E-state index in [0.29, 0.717) is 6.42 Å². The van der Waals surface area contributed by atoms with E-state index in [-0.39, 0.29) is 5.91 Å². The predicted molar refractivity (Wildman–Crippen MR) is 115 cm³/mol. The summed E-state index contributed by atoms with van der Waals surface area (Å²) in [5, 5.41) is 2.94. The fraction of sp³-hybridized carbons (Fsp3) is 0.286. The van der Waals surface area contributed by atoms with E-state index in [1.807, 2.05) is 46.8 Å². The van der Waals surface area contributed by atoms with Crippen LogP contribution < -0.4 is 0 Å². The number of hydrogen-bond donors (Lipinski definition) is 0.